The zero-order chi connectivity index (χ0) is 17.6. The molecule has 1 aliphatic heterocycles. The first-order valence-corrected chi connectivity index (χ1v) is 9.50. The maximum atomic E-state index is 12.3. The van der Waals surface area contributed by atoms with Crippen LogP contribution in [-0.4, -0.2) is 52.1 Å². The zero-order valence-electron chi connectivity index (χ0n) is 15.4. The predicted molar refractivity (Wildman–Crippen MR) is 91.6 cm³/mol. The molecule has 0 aromatic heterocycles. The first-order valence-electron chi connectivity index (χ1n) is 9.50. The van der Waals surface area contributed by atoms with E-state index in [9.17, 15) is 15.0 Å². The number of carbonyl (C=O) groups excluding carboxylic acids is 1. The number of hydrogen-bond donors (Lipinski definition) is 2. The van der Waals surface area contributed by atoms with Gasteiger partial charge in [-0.25, -0.2) is 4.79 Å². The molecule has 1 amide bonds. The van der Waals surface area contributed by atoms with Crippen LogP contribution < -0.4 is 0 Å². The van der Waals surface area contributed by atoms with Crippen LogP contribution in [0, 0.1) is 17.3 Å². The van der Waals surface area contributed by atoms with Crippen LogP contribution in [0.5, 0.6) is 0 Å². The van der Waals surface area contributed by atoms with Gasteiger partial charge in [0.05, 0.1) is 12.2 Å². The molecule has 5 heteroatoms. The van der Waals surface area contributed by atoms with Crippen molar-refractivity contribution in [3.05, 3.63) is 0 Å². The van der Waals surface area contributed by atoms with E-state index in [0.29, 0.717) is 37.8 Å². The highest BCUT2D eigenvalue weighted by Gasteiger charge is 2.59. The summed E-state index contributed by atoms with van der Waals surface area (Å²) in [6.45, 7) is 6.67. The Hall–Kier alpha value is -0.810. The van der Waals surface area contributed by atoms with Gasteiger partial charge in [-0.1, -0.05) is 12.8 Å². The van der Waals surface area contributed by atoms with Crippen molar-refractivity contribution in [2.75, 3.05) is 19.7 Å². The maximum Gasteiger partial charge on any atom is 0.410 e. The molecule has 0 spiro atoms. The fourth-order valence-electron chi connectivity index (χ4n) is 5.40. The number of likely N-dealkylation sites (tertiary alicyclic amines) is 1. The van der Waals surface area contributed by atoms with Crippen molar-refractivity contribution in [2.24, 2.45) is 17.3 Å². The third kappa shape index (κ3) is 3.05. The van der Waals surface area contributed by atoms with Crippen molar-refractivity contribution < 1.29 is 19.7 Å². The van der Waals surface area contributed by atoms with Gasteiger partial charge in [-0.3, -0.25) is 0 Å². The number of carbonyl (C=O) groups is 1. The third-order valence-electron chi connectivity index (χ3n) is 6.73. The first-order chi connectivity index (χ1) is 11.2. The third-order valence-corrected chi connectivity index (χ3v) is 6.73. The van der Waals surface area contributed by atoms with E-state index in [4.69, 9.17) is 4.74 Å². The lowest BCUT2D eigenvalue weighted by atomic mass is 9.49. The Morgan fingerprint density at radius 3 is 2.17 bits per heavy atom. The number of fused-ring (bicyclic) bond motifs is 3. The lowest BCUT2D eigenvalue weighted by molar-refractivity contribution is -0.200. The Kier molecular flexibility index (Phi) is 4.63. The largest absolute Gasteiger partial charge is 0.444 e. The van der Waals surface area contributed by atoms with Gasteiger partial charge in [0.25, 0.3) is 0 Å². The highest BCUT2D eigenvalue weighted by molar-refractivity contribution is 5.68. The molecular formula is C19H33NO4. The molecule has 4 aliphatic rings. The lowest BCUT2D eigenvalue weighted by Crippen LogP contribution is -2.63. The van der Waals surface area contributed by atoms with E-state index in [1.54, 1.807) is 4.90 Å². The van der Waals surface area contributed by atoms with Crippen LogP contribution >= 0.6 is 0 Å². The first kappa shape index (κ1) is 18.0. The van der Waals surface area contributed by atoms with Crippen LogP contribution in [0.2, 0.25) is 0 Å². The molecule has 0 radical (unpaired) electrons. The van der Waals surface area contributed by atoms with Gasteiger partial charge in [0.1, 0.15) is 5.60 Å². The van der Waals surface area contributed by atoms with Gasteiger partial charge in [-0.15, -0.1) is 0 Å². The van der Waals surface area contributed by atoms with Gasteiger partial charge in [0.15, 0.2) is 0 Å². The fraction of sp³-hybridized carbons (Fsp3) is 0.947. The van der Waals surface area contributed by atoms with Crippen LogP contribution in [0.15, 0.2) is 0 Å². The summed E-state index contributed by atoms with van der Waals surface area (Å²) >= 11 is 0. The highest BCUT2D eigenvalue weighted by Crippen LogP contribution is 2.59. The van der Waals surface area contributed by atoms with Crippen molar-refractivity contribution in [2.45, 2.75) is 76.9 Å². The molecule has 5 nitrogen and oxygen atoms in total. The van der Waals surface area contributed by atoms with Gasteiger partial charge in [-0.2, -0.15) is 0 Å². The summed E-state index contributed by atoms with van der Waals surface area (Å²) in [7, 11) is 0. The van der Waals surface area contributed by atoms with Crippen molar-refractivity contribution in [3.63, 3.8) is 0 Å². The van der Waals surface area contributed by atoms with Gasteiger partial charge in [0.2, 0.25) is 0 Å². The Morgan fingerprint density at radius 2 is 1.75 bits per heavy atom. The zero-order valence-corrected chi connectivity index (χ0v) is 15.4. The number of hydrogen-bond acceptors (Lipinski definition) is 4. The van der Waals surface area contributed by atoms with E-state index in [-0.39, 0.29) is 18.1 Å². The molecule has 1 atom stereocenters. The predicted octanol–water partition coefficient (Wildman–Crippen LogP) is 2.94. The van der Waals surface area contributed by atoms with E-state index in [1.165, 1.54) is 12.8 Å². The number of ether oxygens (including phenoxy) is 1. The van der Waals surface area contributed by atoms with Crippen LogP contribution in [0.1, 0.15) is 65.7 Å². The molecule has 0 aromatic carbocycles. The van der Waals surface area contributed by atoms with Gasteiger partial charge < -0.3 is 19.8 Å². The quantitative estimate of drug-likeness (QED) is 0.811. The summed E-state index contributed by atoms with van der Waals surface area (Å²) in [5.74, 6) is 1.07. The van der Waals surface area contributed by atoms with Crippen LogP contribution in [-0.2, 0) is 4.74 Å². The Labute approximate surface area is 145 Å². The fourth-order valence-corrected chi connectivity index (χ4v) is 5.40. The summed E-state index contributed by atoms with van der Waals surface area (Å²) in [6.07, 6.45) is 6.46. The number of nitrogens with zero attached hydrogens (tertiary/aromatic N) is 1. The van der Waals surface area contributed by atoms with E-state index in [1.807, 2.05) is 20.8 Å². The van der Waals surface area contributed by atoms with Crippen LogP contribution in [0.4, 0.5) is 4.79 Å². The van der Waals surface area contributed by atoms with E-state index in [2.05, 4.69) is 0 Å². The monoisotopic (exact) mass is 339 g/mol. The summed E-state index contributed by atoms with van der Waals surface area (Å²) < 4.78 is 5.45. The molecule has 1 heterocycles. The molecule has 2 N–H and O–H groups in total. The second-order valence-electron chi connectivity index (χ2n) is 9.24. The molecule has 2 bridgehead atoms. The molecule has 138 valence electrons. The number of aliphatic hydroxyl groups is 2. The minimum absolute atomic E-state index is 0.0666. The molecule has 0 aromatic rings. The minimum atomic E-state index is -0.857. The Bertz CT molecular complexity index is 470. The second-order valence-corrected chi connectivity index (χ2v) is 9.24. The van der Waals surface area contributed by atoms with E-state index < -0.39 is 11.2 Å². The minimum Gasteiger partial charge on any atom is -0.444 e. The summed E-state index contributed by atoms with van der Waals surface area (Å²) in [5, 5.41) is 21.7. The topological polar surface area (TPSA) is 70.0 Å². The maximum absolute atomic E-state index is 12.3. The van der Waals surface area contributed by atoms with Crippen molar-refractivity contribution in [1.82, 2.24) is 4.90 Å². The summed E-state index contributed by atoms with van der Waals surface area (Å²) in [6, 6.07) is 0. The van der Waals surface area contributed by atoms with Crippen molar-refractivity contribution in [3.8, 4) is 0 Å². The Balaban J connectivity index is 1.69. The molecular weight excluding hydrogens is 306 g/mol. The SMILES string of the molecule is CC(C)(C)OC(=O)N1CCC(O)(C2(CO)CC3CCC2CC3)CC1. The van der Waals surface area contributed by atoms with E-state index in [0.717, 1.165) is 19.3 Å². The van der Waals surface area contributed by atoms with Gasteiger partial charge in [-0.05, 0) is 64.7 Å². The number of amides is 1. The lowest BCUT2D eigenvalue weighted by Gasteiger charge is -2.60. The average Bonchev–Trinajstić information content (AvgIpc) is 2.54. The molecule has 1 unspecified atom stereocenters. The van der Waals surface area contributed by atoms with Gasteiger partial charge in [0, 0.05) is 18.5 Å². The average molecular weight is 339 g/mol. The van der Waals surface area contributed by atoms with Crippen molar-refractivity contribution >= 4 is 6.09 Å². The molecule has 1 saturated heterocycles. The number of piperidine rings is 1. The Morgan fingerprint density at radius 1 is 1.17 bits per heavy atom. The highest BCUT2D eigenvalue weighted by atomic mass is 16.6. The number of rotatable bonds is 2. The van der Waals surface area contributed by atoms with E-state index >= 15 is 0 Å². The van der Waals surface area contributed by atoms with Crippen LogP contribution in [0.3, 0.4) is 0 Å². The normalized spacial score (nSPS) is 35.8. The molecule has 3 aliphatic carbocycles. The van der Waals surface area contributed by atoms with Crippen LogP contribution in [0.25, 0.3) is 0 Å². The molecule has 4 rings (SSSR count). The summed E-state index contributed by atoms with van der Waals surface area (Å²) in [5.41, 5.74) is -1.72. The summed E-state index contributed by atoms with van der Waals surface area (Å²) in [4.78, 5) is 14.0. The molecule has 24 heavy (non-hydrogen) atoms. The molecule has 3 saturated carbocycles. The standard InChI is InChI=1S/C19H33NO4/c1-17(2,3)24-16(22)20-10-8-19(23,9-11-20)18(13-21)12-14-4-6-15(18)7-5-14/h14-15,21,23H,4-13H2,1-3H3. The second kappa shape index (κ2) is 6.17. The van der Waals surface area contributed by atoms with Gasteiger partial charge >= 0.3 is 6.09 Å². The smallest absolute Gasteiger partial charge is 0.410 e. The van der Waals surface area contributed by atoms with Crippen molar-refractivity contribution in [1.29, 1.82) is 0 Å². The number of aliphatic hydroxyl groups excluding tert-OH is 1. The molecule has 4 fully saturated rings.